The molecule has 0 bridgehead atoms. The van der Waals surface area contributed by atoms with Gasteiger partial charge in [-0.25, -0.2) is 0 Å². The monoisotopic (exact) mass is 247 g/mol. The average Bonchev–Trinajstić information content (AvgIpc) is 2.64. The molecule has 2 N–H and O–H groups in total. The highest BCUT2D eigenvalue weighted by molar-refractivity contribution is 5.29. The molecule has 6 heteroatoms. The third-order valence-corrected chi connectivity index (χ3v) is 2.60. The number of rotatable bonds is 2. The van der Waals surface area contributed by atoms with Crippen molar-refractivity contribution in [1.29, 1.82) is 0 Å². The first-order valence-electron chi connectivity index (χ1n) is 5.19. The van der Waals surface area contributed by atoms with Gasteiger partial charge in [0.1, 0.15) is 18.0 Å². The van der Waals surface area contributed by atoms with E-state index in [2.05, 4.69) is 5.32 Å². The van der Waals surface area contributed by atoms with E-state index >= 15 is 0 Å². The van der Waals surface area contributed by atoms with Crippen molar-refractivity contribution in [2.75, 3.05) is 13.1 Å². The van der Waals surface area contributed by atoms with Crippen molar-refractivity contribution in [2.24, 2.45) is 0 Å². The largest absolute Gasteiger partial charge is 0.486 e. The van der Waals surface area contributed by atoms with Crippen LogP contribution in [0.2, 0.25) is 0 Å². The number of aliphatic hydroxyl groups is 1. The molecule has 1 fully saturated rings. The second kappa shape index (κ2) is 4.54. The Hall–Kier alpha value is -1.27. The van der Waals surface area contributed by atoms with Crippen LogP contribution in [0.15, 0.2) is 24.3 Å². The fourth-order valence-corrected chi connectivity index (χ4v) is 1.66. The van der Waals surface area contributed by atoms with Crippen molar-refractivity contribution in [3.05, 3.63) is 29.8 Å². The van der Waals surface area contributed by atoms with Gasteiger partial charge in [0, 0.05) is 13.1 Å². The standard InChI is InChI=1S/C11H12F3NO2/c12-11(13,14)7-1-3-8(4-2-7)17-10-6-15-5-9(10)16/h1-4,9-10,15-16H,5-6H2. The van der Waals surface area contributed by atoms with Gasteiger partial charge in [-0.05, 0) is 24.3 Å². The molecule has 1 heterocycles. The van der Waals surface area contributed by atoms with Gasteiger partial charge < -0.3 is 15.2 Å². The summed E-state index contributed by atoms with van der Waals surface area (Å²) >= 11 is 0. The van der Waals surface area contributed by atoms with Crippen molar-refractivity contribution in [1.82, 2.24) is 5.32 Å². The third-order valence-electron chi connectivity index (χ3n) is 2.60. The highest BCUT2D eigenvalue weighted by Crippen LogP contribution is 2.30. The lowest BCUT2D eigenvalue weighted by Gasteiger charge is -2.16. The normalized spacial score (nSPS) is 24.9. The lowest BCUT2D eigenvalue weighted by molar-refractivity contribution is -0.137. The molecule has 1 aromatic rings. The zero-order valence-electron chi connectivity index (χ0n) is 8.87. The van der Waals surface area contributed by atoms with E-state index in [0.717, 1.165) is 12.1 Å². The fraction of sp³-hybridized carbons (Fsp3) is 0.455. The summed E-state index contributed by atoms with van der Waals surface area (Å²) in [6.45, 7) is 0.924. The van der Waals surface area contributed by atoms with Gasteiger partial charge in [-0.1, -0.05) is 0 Å². The maximum absolute atomic E-state index is 12.3. The number of alkyl halides is 3. The van der Waals surface area contributed by atoms with E-state index in [1.54, 1.807) is 0 Å². The third kappa shape index (κ3) is 2.89. The van der Waals surface area contributed by atoms with Crippen molar-refractivity contribution in [2.45, 2.75) is 18.4 Å². The Balaban J connectivity index is 2.03. The summed E-state index contributed by atoms with van der Waals surface area (Å²) in [5.74, 6) is 0.325. The Labute approximate surface area is 96.2 Å². The van der Waals surface area contributed by atoms with Gasteiger partial charge in [-0.3, -0.25) is 0 Å². The molecule has 17 heavy (non-hydrogen) atoms. The molecule has 0 radical (unpaired) electrons. The Kier molecular flexibility index (Phi) is 3.26. The van der Waals surface area contributed by atoms with Gasteiger partial charge in [0.05, 0.1) is 5.56 Å². The smallest absolute Gasteiger partial charge is 0.416 e. The van der Waals surface area contributed by atoms with Crippen LogP contribution in [-0.2, 0) is 6.18 Å². The fourth-order valence-electron chi connectivity index (χ4n) is 1.66. The van der Waals surface area contributed by atoms with Gasteiger partial charge in [0.15, 0.2) is 0 Å². The summed E-state index contributed by atoms with van der Waals surface area (Å²) in [6.07, 6.45) is -5.38. The lowest BCUT2D eigenvalue weighted by Crippen LogP contribution is -2.29. The summed E-state index contributed by atoms with van der Waals surface area (Å²) in [6, 6.07) is 4.44. The number of benzene rings is 1. The second-order valence-electron chi connectivity index (χ2n) is 3.90. The molecule has 1 aliphatic rings. The van der Waals surface area contributed by atoms with Crippen LogP contribution >= 0.6 is 0 Å². The minimum absolute atomic E-state index is 0.325. The molecule has 94 valence electrons. The van der Waals surface area contributed by atoms with Gasteiger partial charge >= 0.3 is 6.18 Å². The summed E-state index contributed by atoms with van der Waals surface area (Å²) in [5.41, 5.74) is -0.713. The van der Waals surface area contributed by atoms with Crippen LogP contribution in [-0.4, -0.2) is 30.4 Å². The number of nitrogens with one attached hydrogen (secondary N) is 1. The van der Waals surface area contributed by atoms with Gasteiger partial charge in [0.2, 0.25) is 0 Å². The van der Waals surface area contributed by atoms with Gasteiger partial charge in [0.25, 0.3) is 0 Å². The zero-order chi connectivity index (χ0) is 12.5. The number of hydrogen-bond donors (Lipinski definition) is 2. The van der Waals surface area contributed by atoms with Crippen molar-refractivity contribution >= 4 is 0 Å². The van der Waals surface area contributed by atoms with Crippen LogP contribution in [0.4, 0.5) is 13.2 Å². The molecule has 0 aromatic heterocycles. The van der Waals surface area contributed by atoms with E-state index in [9.17, 15) is 18.3 Å². The van der Waals surface area contributed by atoms with E-state index < -0.39 is 23.9 Å². The van der Waals surface area contributed by atoms with Crippen molar-refractivity contribution in [3.8, 4) is 5.75 Å². The summed E-state index contributed by atoms with van der Waals surface area (Å²) in [5, 5.41) is 12.4. The van der Waals surface area contributed by atoms with Crippen LogP contribution in [0, 0.1) is 0 Å². The Morgan fingerprint density at radius 2 is 1.82 bits per heavy atom. The molecule has 2 atom stereocenters. The molecule has 1 aromatic carbocycles. The van der Waals surface area contributed by atoms with E-state index in [4.69, 9.17) is 4.74 Å². The van der Waals surface area contributed by atoms with Crippen LogP contribution < -0.4 is 10.1 Å². The second-order valence-corrected chi connectivity index (χ2v) is 3.90. The zero-order valence-corrected chi connectivity index (χ0v) is 8.87. The van der Waals surface area contributed by atoms with Crippen molar-refractivity contribution < 1.29 is 23.0 Å². The number of β-amino-alcohol motifs (C(OH)–C–C–N with tert-alkyl or cyclic N) is 1. The number of hydrogen-bond acceptors (Lipinski definition) is 3. The summed E-state index contributed by atoms with van der Waals surface area (Å²) in [4.78, 5) is 0. The highest BCUT2D eigenvalue weighted by atomic mass is 19.4. The average molecular weight is 247 g/mol. The minimum atomic E-state index is -4.34. The van der Waals surface area contributed by atoms with Crippen LogP contribution in [0.1, 0.15) is 5.56 Å². The summed E-state index contributed by atoms with van der Waals surface area (Å²) in [7, 11) is 0. The predicted octanol–water partition coefficient (Wildman–Crippen LogP) is 1.42. The van der Waals surface area contributed by atoms with E-state index in [1.807, 2.05) is 0 Å². The van der Waals surface area contributed by atoms with E-state index in [-0.39, 0.29) is 0 Å². The first kappa shape index (κ1) is 12.2. The maximum Gasteiger partial charge on any atom is 0.416 e. The van der Waals surface area contributed by atoms with Gasteiger partial charge in [-0.15, -0.1) is 0 Å². The maximum atomic E-state index is 12.3. The molecule has 0 aliphatic carbocycles. The Morgan fingerprint density at radius 3 is 2.29 bits per heavy atom. The number of ether oxygens (including phenoxy) is 1. The van der Waals surface area contributed by atoms with Crippen LogP contribution in [0.5, 0.6) is 5.75 Å². The molecule has 3 nitrogen and oxygen atoms in total. The molecule has 1 saturated heterocycles. The molecule has 1 aliphatic heterocycles. The van der Waals surface area contributed by atoms with E-state index in [1.165, 1.54) is 12.1 Å². The molecule has 0 spiro atoms. The minimum Gasteiger partial charge on any atom is -0.486 e. The Morgan fingerprint density at radius 1 is 1.18 bits per heavy atom. The topological polar surface area (TPSA) is 41.5 Å². The SMILES string of the molecule is OC1CNCC1Oc1ccc(C(F)(F)F)cc1. The van der Waals surface area contributed by atoms with Gasteiger partial charge in [-0.2, -0.15) is 13.2 Å². The quantitative estimate of drug-likeness (QED) is 0.830. The molecule has 0 amide bonds. The molecule has 2 rings (SSSR count). The Bertz CT molecular complexity index is 377. The first-order valence-corrected chi connectivity index (χ1v) is 5.19. The number of aliphatic hydroxyl groups excluding tert-OH is 1. The molecular weight excluding hydrogens is 235 g/mol. The van der Waals surface area contributed by atoms with Crippen LogP contribution in [0.25, 0.3) is 0 Å². The lowest BCUT2D eigenvalue weighted by atomic mass is 10.2. The van der Waals surface area contributed by atoms with E-state index in [0.29, 0.717) is 18.8 Å². The highest BCUT2D eigenvalue weighted by Gasteiger charge is 2.30. The summed E-state index contributed by atoms with van der Waals surface area (Å²) < 4.78 is 42.3. The molecule has 0 saturated carbocycles. The van der Waals surface area contributed by atoms with Crippen molar-refractivity contribution in [3.63, 3.8) is 0 Å². The number of halogens is 3. The predicted molar refractivity (Wildman–Crippen MR) is 54.7 cm³/mol. The molecule has 2 unspecified atom stereocenters. The molecular formula is C11H12F3NO2. The van der Waals surface area contributed by atoms with Crippen LogP contribution in [0.3, 0.4) is 0 Å². The first-order chi connectivity index (χ1) is 7.97.